The number of hydrogen-bond acceptors (Lipinski definition) is 4. The average Bonchev–Trinajstić information content (AvgIpc) is 2.16. The van der Waals surface area contributed by atoms with Gasteiger partial charge in [-0.05, 0) is 0 Å². The Morgan fingerprint density at radius 2 is 2.07 bits per heavy atom. The third kappa shape index (κ3) is 2.60. The number of alkyl halides is 3. The molecule has 0 aromatic carbocycles. The second-order valence-electron chi connectivity index (χ2n) is 3.04. The van der Waals surface area contributed by atoms with E-state index in [2.05, 4.69) is 0 Å². The standard InChI is InChI=1S/C6H11F3N2O3S/c7-6(8,9)15(12,13)11-1-2-14-5(3-10)4-11/h5H,1-4,10H2. The highest BCUT2D eigenvalue weighted by Gasteiger charge is 2.50. The fourth-order valence-corrected chi connectivity index (χ4v) is 2.17. The van der Waals surface area contributed by atoms with Crippen molar-refractivity contribution in [2.75, 3.05) is 26.2 Å². The molecule has 1 fully saturated rings. The van der Waals surface area contributed by atoms with E-state index in [0.717, 1.165) is 0 Å². The van der Waals surface area contributed by atoms with E-state index in [9.17, 15) is 21.6 Å². The number of nitrogens with zero attached hydrogens (tertiary/aromatic N) is 1. The zero-order valence-electron chi connectivity index (χ0n) is 7.70. The molecular formula is C6H11F3N2O3S. The molecule has 0 spiro atoms. The van der Waals surface area contributed by atoms with Gasteiger partial charge in [-0.2, -0.15) is 17.5 Å². The van der Waals surface area contributed by atoms with E-state index in [1.165, 1.54) is 0 Å². The second-order valence-corrected chi connectivity index (χ2v) is 4.97. The summed E-state index contributed by atoms with van der Waals surface area (Å²) >= 11 is 0. The van der Waals surface area contributed by atoms with Crippen molar-refractivity contribution in [1.82, 2.24) is 4.31 Å². The summed E-state index contributed by atoms with van der Waals surface area (Å²) in [5, 5.41) is 0. The maximum atomic E-state index is 12.1. The van der Waals surface area contributed by atoms with Crippen molar-refractivity contribution in [2.24, 2.45) is 5.73 Å². The molecule has 1 saturated heterocycles. The Balaban J connectivity index is 2.80. The van der Waals surface area contributed by atoms with E-state index in [1.54, 1.807) is 0 Å². The first-order valence-corrected chi connectivity index (χ1v) is 5.61. The monoisotopic (exact) mass is 248 g/mol. The van der Waals surface area contributed by atoms with Gasteiger partial charge in [0.25, 0.3) is 0 Å². The lowest BCUT2D eigenvalue weighted by atomic mass is 10.3. The summed E-state index contributed by atoms with van der Waals surface area (Å²) in [5.41, 5.74) is -0.0704. The van der Waals surface area contributed by atoms with Crippen molar-refractivity contribution >= 4 is 10.0 Å². The van der Waals surface area contributed by atoms with Crippen LogP contribution >= 0.6 is 0 Å². The molecule has 0 radical (unpaired) electrons. The molecule has 90 valence electrons. The Bertz CT molecular complexity index is 316. The van der Waals surface area contributed by atoms with Crippen LogP contribution in [0.5, 0.6) is 0 Å². The zero-order chi connectivity index (χ0) is 11.7. The number of sulfonamides is 1. The van der Waals surface area contributed by atoms with E-state index >= 15 is 0 Å². The van der Waals surface area contributed by atoms with Crippen LogP contribution in [0.4, 0.5) is 13.2 Å². The molecule has 1 heterocycles. The molecule has 0 amide bonds. The Hall–Kier alpha value is -0.380. The van der Waals surface area contributed by atoms with Crippen LogP contribution in [-0.2, 0) is 14.8 Å². The summed E-state index contributed by atoms with van der Waals surface area (Å²) in [6, 6.07) is 0. The molecule has 0 aromatic heterocycles. The van der Waals surface area contributed by atoms with Gasteiger partial charge >= 0.3 is 15.5 Å². The first-order valence-electron chi connectivity index (χ1n) is 4.17. The Morgan fingerprint density at radius 3 is 2.53 bits per heavy atom. The summed E-state index contributed by atoms with van der Waals surface area (Å²) in [7, 11) is -5.24. The van der Waals surface area contributed by atoms with Crippen molar-refractivity contribution in [2.45, 2.75) is 11.6 Å². The maximum absolute atomic E-state index is 12.1. The number of halogens is 3. The van der Waals surface area contributed by atoms with E-state index in [1.807, 2.05) is 0 Å². The molecular weight excluding hydrogens is 237 g/mol. The minimum absolute atomic E-state index is 0.0100. The predicted octanol–water partition coefficient (Wildman–Crippen LogP) is -0.504. The average molecular weight is 248 g/mol. The molecule has 1 rings (SSSR count). The summed E-state index contributed by atoms with van der Waals surface area (Å²) in [5.74, 6) is 0. The smallest absolute Gasteiger partial charge is 0.374 e. The summed E-state index contributed by atoms with van der Waals surface area (Å²) in [6.45, 7) is -0.724. The van der Waals surface area contributed by atoms with E-state index in [4.69, 9.17) is 10.5 Å². The van der Waals surface area contributed by atoms with E-state index < -0.39 is 21.6 Å². The third-order valence-corrected chi connectivity index (χ3v) is 3.59. The van der Waals surface area contributed by atoms with E-state index in [-0.39, 0.29) is 26.2 Å². The van der Waals surface area contributed by atoms with Crippen molar-refractivity contribution in [1.29, 1.82) is 0 Å². The molecule has 2 N–H and O–H groups in total. The van der Waals surface area contributed by atoms with Gasteiger partial charge in [0.2, 0.25) is 0 Å². The van der Waals surface area contributed by atoms with Crippen LogP contribution in [-0.4, -0.2) is 50.6 Å². The van der Waals surface area contributed by atoms with Crippen molar-refractivity contribution in [3.05, 3.63) is 0 Å². The fraction of sp³-hybridized carbons (Fsp3) is 1.00. The van der Waals surface area contributed by atoms with E-state index in [0.29, 0.717) is 4.31 Å². The molecule has 0 aliphatic carbocycles. The highest BCUT2D eigenvalue weighted by Crippen LogP contribution is 2.27. The largest absolute Gasteiger partial charge is 0.511 e. The Labute approximate surface area is 85.0 Å². The molecule has 0 bridgehead atoms. The molecule has 1 atom stereocenters. The van der Waals surface area contributed by atoms with Crippen LogP contribution < -0.4 is 5.73 Å². The van der Waals surface area contributed by atoms with Gasteiger partial charge in [-0.15, -0.1) is 0 Å². The normalized spacial score (nSPS) is 25.5. The summed E-state index contributed by atoms with van der Waals surface area (Å²) in [4.78, 5) is 0. The van der Waals surface area contributed by atoms with Gasteiger partial charge in [-0.3, -0.25) is 0 Å². The molecule has 5 nitrogen and oxygen atoms in total. The number of rotatable bonds is 2. The topological polar surface area (TPSA) is 72.6 Å². The van der Waals surface area contributed by atoms with Gasteiger partial charge in [0, 0.05) is 19.6 Å². The Kier molecular flexibility index (Phi) is 3.59. The fourth-order valence-electron chi connectivity index (χ4n) is 1.20. The number of nitrogens with two attached hydrogens (primary N) is 1. The minimum Gasteiger partial charge on any atom is -0.374 e. The van der Waals surface area contributed by atoms with Crippen molar-refractivity contribution < 1.29 is 26.3 Å². The quantitative estimate of drug-likeness (QED) is 0.714. The minimum atomic E-state index is -5.26. The molecule has 1 aliphatic heterocycles. The number of ether oxygens (including phenoxy) is 1. The SMILES string of the molecule is NCC1CN(S(=O)(=O)C(F)(F)F)CCO1. The van der Waals surface area contributed by atoms with Gasteiger partial charge in [0.1, 0.15) is 0 Å². The lowest BCUT2D eigenvalue weighted by Crippen LogP contribution is -2.51. The highest BCUT2D eigenvalue weighted by atomic mass is 32.2. The van der Waals surface area contributed by atoms with Gasteiger partial charge in [0.15, 0.2) is 0 Å². The van der Waals surface area contributed by atoms with Crippen molar-refractivity contribution in [3.63, 3.8) is 0 Å². The zero-order valence-corrected chi connectivity index (χ0v) is 8.51. The molecule has 1 unspecified atom stereocenters. The summed E-state index contributed by atoms with van der Waals surface area (Å²) in [6.07, 6.45) is -0.670. The van der Waals surface area contributed by atoms with Crippen LogP contribution in [0.25, 0.3) is 0 Å². The van der Waals surface area contributed by atoms with Crippen molar-refractivity contribution in [3.8, 4) is 0 Å². The van der Waals surface area contributed by atoms with Crippen LogP contribution in [0.1, 0.15) is 0 Å². The molecule has 0 saturated carbocycles. The summed E-state index contributed by atoms with van der Waals surface area (Å²) < 4.78 is 63.7. The van der Waals surface area contributed by atoms with Crippen LogP contribution in [0, 0.1) is 0 Å². The van der Waals surface area contributed by atoms with Gasteiger partial charge in [-0.1, -0.05) is 0 Å². The predicted molar refractivity (Wildman–Crippen MR) is 45.3 cm³/mol. The third-order valence-electron chi connectivity index (χ3n) is 2.00. The van der Waals surface area contributed by atoms with Gasteiger partial charge < -0.3 is 10.5 Å². The molecule has 0 aromatic rings. The van der Waals surface area contributed by atoms with Crippen LogP contribution in [0.2, 0.25) is 0 Å². The molecule has 1 aliphatic rings. The number of morpholine rings is 1. The number of hydrogen-bond donors (Lipinski definition) is 1. The van der Waals surface area contributed by atoms with Gasteiger partial charge in [-0.25, -0.2) is 8.42 Å². The molecule has 15 heavy (non-hydrogen) atoms. The second kappa shape index (κ2) is 4.24. The highest BCUT2D eigenvalue weighted by molar-refractivity contribution is 7.90. The first kappa shape index (κ1) is 12.7. The molecule has 9 heteroatoms. The Morgan fingerprint density at radius 1 is 1.47 bits per heavy atom. The maximum Gasteiger partial charge on any atom is 0.511 e. The lowest BCUT2D eigenvalue weighted by Gasteiger charge is -2.31. The van der Waals surface area contributed by atoms with Crippen LogP contribution in [0.3, 0.4) is 0 Å². The van der Waals surface area contributed by atoms with Crippen LogP contribution in [0.15, 0.2) is 0 Å². The lowest BCUT2D eigenvalue weighted by molar-refractivity contribution is -0.0562. The van der Waals surface area contributed by atoms with Gasteiger partial charge in [0.05, 0.1) is 12.7 Å². The first-order chi connectivity index (χ1) is 6.79.